The van der Waals surface area contributed by atoms with Gasteiger partial charge in [-0.15, -0.1) is 0 Å². The topological polar surface area (TPSA) is 57.7 Å². The van der Waals surface area contributed by atoms with Gasteiger partial charge in [-0.25, -0.2) is 8.61 Å². The molecule has 100 valence electrons. The summed E-state index contributed by atoms with van der Waals surface area (Å²) in [5.41, 5.74) is 0.472. The second kappa shape index (κ2) is 6.20. The Bertz CT molecular complexity index is 550. The number of alkyl halides is 1. The van der Waals surface area contributed by atoms with Crippen molar-refractivity contribution in [3.8, 4) is 0 Å². The van der Waals surface area contributed by atoms with Gasteiger partial charge in [-0.1, -0.05) is 34.7 Å². The fourth-order valence-corrected chi connectivity index (χ4v) is 3.35. The second-order valence-electron chi connectivity index (χ2n) is 3.33. The SMILES string of the molecule is CI.CN1C(=O)CN(c2ccccc2Br)S1(=O)=O. The first-order valence-electron chi connectivity index (χ1n) is 4.86. The second-order valence-corrected chi connectivity index (χ2v) is 6.07. The van der Waals surface area contributed by atoms with Crippen molar-refractivity contribution in [2.75, 3.05) is 22.8 Å². The molecular formula is C10H12BrIN2O3S. The van der Waals surface area contributed by atoms with Crippen LogP contribution in [0.25, 0.3) is 0 Å². The average Bonchev–Trinajstić information content (AvgIpc) is 2.56. The number of hydrogen-bond donors (Lipinski definition) is 0. The Morgan fingerprint density at radius 1 is 1.28 bits per heavy atom. The van der Waals surface area contributed by atoms with Crippen molar-refractivity contribution in [3.63, 3.8) is 0 Å². The van der Waals surface area contributed by atoms with Crippen LogP contribution in [0.1, 0.15) is 0 Å². The summed E-state index contributed by atoms with van der Waals surface area (Å²) in [4.78, 5) is 13.3. The first-order chi connectivity index (χ1) is 8.44. The highest BCUT2D eigenvalue weighted by molar-refractivity contribution is 14.1. The summed E-state index contributed by atoms with van der Waals surface area (Å²) in [5.74, 6) is -0.434. The van der Waals surface area contributed by atoms with Gasteiger partial charge in [0.1, 0.15) is 6.54 Å². The number of amides is 1. The van der Waals surface area contributed by atoms with Crippen LogP contribution in [-0.2, 0) is 15.0 Å². The Morgan fingerprint density at radius 2 is 1.83 bits per heavy atom. The van der Waals surface area contributed by atoms with Crippen LogP contribution >= 0.6 is 38.5 Å². The molecule has 0 spiro atoms. The van der Waals surface area contributed by atoms with Crippen molar-refractivity contribution in [1.29, 1.82) is 0 Å². The molecule has 0 N–H and O–H groups in total. The van der Waals surface area contributed by atoms with E-state index in [9.17, 15) is 13.2 Å². The van der Waals surface area contributed by atoms with E-state index in [0.717, 1.165) is 8.61 Å². The van der Waals surface area contributed by atoms with Crippen LogP contribution in [0, 0.1) is 0 Å². The molecule has 18 heavy (non-hydrogen) atoms. The van der Waals surface area contributed by atoms with Crippen LogP contribution in [0.2, 0.25) is 0 Å². The normalized spacial score (nSPS) is 17.4. The summed E-state index contributed by atoms with van der Waals surface area (Å²) in [7, 11) is -2.44. The minimum absolute atomic E-state index is 0.151. The van der Waals surface area contributed by atoms with Crippen LogP contribution in [-0.4, -0.2) is 37.2 Å². The van der Waals surface area contributed by atoms with Gasteiger partial charge in [0.05, 0.1) is 5.69 Å². The summed E-state index contributed by atoms with van der Waals surface area (Å²) >= 11 is 5.41. The van der Waals surface area contributed by atoms with Gasteiger partial charge >= 0.3 is 10.2 Å². The molecular weight excluding hydrogens is 435 g/mol. The zero-order valence-electron chi connectivity index (χ0n) is 9.80. The Balaban J connectivity index is 0.000000771. The molecule has 0 saturated carbocycles. The van der Waals surface area contributed by atoms with Crippen molar-refractivity contribution in [1.82, 2.24) is 4.31 Å². The molecule has 0 radical (unpaired) electrons. The van der Waals surface area contributed by atoms with Gasteiger partial charge in [0, 0.05) is 11.5 Å². The summed E-state index contributed by atoms with van der Waals surface area (Å²) in [6.07, 6.45) is 0. The van der Waals surface area contributed by atoms with E-state index in [1.54, 1.807) is 24.3 Å². The van der Waals surface area contributed by atoms with Gasteiger partial charge in [-0.05, 0) is 33.0 Å². The number of para-hydroxylation sites is 1. The number of anilines is 1. The quantitative estimate of drug-likeness (QED) is 0.489. The third-order valence-corrected chi connectivity index (χ3v) is 4.82. The van der Waals surface area contributed by atoms with Crippen molar-refractivity contribution in [3.05, 3.63) is 28.7 Å². The lowest BCUT2D eigenvalue weighted by Crippen LogP contribution is -2.31. The van der Waals surface area contributed by atoms with Crippen molar-refractivity contribution < 1.29 is 13.2 Å². The molecule has 0 atom stereocenters. The van der Waals surface area contributed by atoms with E-state index >= 15 is 0 Å². The van der Waals surface area contributed by atoms with Gasteiger partial charge in [-0.2, -0.15) is 8.42 Å². The zero-order valence-corrected chi connectivity index (χ0v) is 14.4. The standard InChI is InChI=1S/C9H9BrN2O3S.CH3I/c1-11-9(13)6-12(16(11,14)15)8-5-3-2-4-7(8)10;1-2/h2-5H,6H2,1H3;1H3. The average molecular weight is 447 g/mol. The lowest BCUT2D eigenvalue weighted by molar-refractivity contribution is -0.123. The summed E-state index contributed by atoms with van der Waals surface area (Å²) in [6, 6.07) is 6.88. The van der Waals surface area contributed by atoms with Crippen LogP contribution in [0.4, 0.5) is 5.69 Å². The lowest BCUT2D eigenvalue weighted by atomic mass is 10.3. The molecule has 8 heteroatoms. The van der Waals surface area contributed by atoms with E-state index in [-0.39, 0.29) is 6.54 Å². The molecule has 1 aliphatic rings. The van der Waals surface area contributed by atoms with E-state index in [1.165, 1.54) is 7.05 Å². The predicted molar refractivity (Wildman–Crippen MR) is 83.1 cm³/mol. The molecule has 1 aliphatic heterocycles. The number of hydrogen-bond acceptors (Lipinski definition) is 3. The number of nitrogens with zero attached hydrogens (tertiary/aromatic N) is 2. The van der Waals surface area contributed by atoms with E-state index in [1.807, 2.05) is 4.93 Å². The Kier molecular flexibility index (Phi) is 5.41. The maximum absolute atomic E-state index is 11.9. The van der Waals surface area contributed by atoms with Gasteiger partial charge < -0.3 is 0 Å². The molecule has 1 heterocycles. The highest BCUT2D eigenvalue weighted by Gasteiger charge is 2.40. The van der Waals surface area contributed by atoms with Crippen LogP contribution in [0.3, 0.4) is 0 Å². The molecule has 0 bridgehead atoms. The molecule has 2 rings (SSSR count). The van der Waals surface area contributed by atoms with Gasteiger partial charge in [-0.3, -0.25) is 4.79 Å². The molecule has 5 nitrogen and oxygen atoms in total. The molecule has 1 fully saturated rings. The summed E-state index contributed by atoms with van der Waals surface area (Å²) in [5, 5.41) is 0. The Hall–Kier alpha value is -0.350. The summed E-state index contributed by atoms with van der Waals surface area (Å²) in [6.45, 7) is -0.151. The minimum Gasteiger partial charge on any atom is -0.272 e. The molecule has 1 saturated heterocycles. The Morgan fingerprint density at radius 3 is 2.28 bits per heavy atom. The maximum atomic E-state index is 11.9. The molecule has 0 aliphatic carbocycles. The smallest absolute Gasteiger partial charge is 0.272 e. The monoisotopic (exact) mass is 446 g/mol. The minimum atomic E-state index is -3.70. The number of carbonyl (C=O) groups excluding carboxylic acids is 1. The molecule has 0 aromatic heterocycles. The lowest BCUT2D eigenvalue weighted by Gasteiger charge is -2.18. The first-order valence-corrected chi connectivity index (χ1v) is 9.21. The molecule has 1 aromatic carbocycles. The van der Waals surface area contributed by atoms with E-state index in [2.05, 4.69) is 38.5 Å². The molecule has 1 amide bonds. The molecule has 0 unspecified atom stereocenters. The first kappa shape index (κ1) is 15.7. The number of likely N-dealkylation sites (N-methyl/N-ethyl adjacent to an activating group) is 1. The number of carbonyl (C=O) groups is 1. The van der Waals surface area contributed by atoms with E-state index in [4.69, 9.17) is 0 Å². The Labute approximate surface area is 129 Å². The predicted octanol–water partition coefficient (Wildman–Crippen LogP) is 2.02. The van der Waals surface area contributed by atoms with Crippen LogP contribution in [0.5, 0.6) is 0 Å². The van der Waals surface area contributed by atoms with Gasteiger partial charge in [0.15, 0.2) is 0 Å². The highest BCUT2D eigenvalue weighted by Crippen LogP contribution is 2.31. The van der Waals surface area contributed by atoms with Crippen molar-refractivity contribution in [2.24, 2.45) is 0 Å². The van der Waals surface area contributed by atoms with E-state index in [0.29, 0.717) is 10.2 Å². The molecule has 1 aromatic rings. The van der Waals surface area contributed by atoms with Crippen LogP contribution in [0.15, 0.2) is 28.7 Å². The highest BCUT2D eigenvalue weighted by atomic mass is 127. The van der Waals surface area contributed by atoms with Gasteiger partial charge in [0.2, 0.25) is 0 Å². The largest absolute Gasteiger partial charge is 0.328 e. The number of rotatable bonds is 1. The van der Waals surface area contributed by atoms with Crippen LogP contribution < -0.4 is 4.31 Å². The van der Waals surface area contributed by atoms with Crippen molar-refractivity contribution >= 4 is 60.3 Å². The third-order valence-electron chi connectivity index (χ3n) is 2.38. The maximum Gasteiger partial charge on any atom is 0.328 e. The fraction of sp³-hybridized carbons (Fsp3) is 0.300. The number of halogens is 2. The summed E-state index contributed by atoms with van der Waals surface area (Å²) < 4.78 is 26.2. The van der Waals surface area contributed by atoms with E-state index < -0.39 is 16.1 Å². The zero-order chi connectivity index (χ0) is 13.9. The fourth-order valence-electron chi connectivity index (χ4n) is 1.44. The third kappa shape index (κ3) is 2.80. The number of benzene rings is 1. The van der Waals surface area contributed by atoms with Gasteiger partial charge in [0.25, 0.3) is 5.91 Å². The van der Waals surface area contributed by atoms with Crippen molar-refractivity contribution in [2.45, 2.75) is 0 Å².